The number of nitrogens with one attached hydrogen (secondary N) is 1. The van der Waals surface area contributed by atoms with Crippen molar-refractivity contribution in [2.45, 2.75) is 10.8 Å². The first-order chi connectivity index (χ1) is 13.7. The predicted molar refractivity (Wildman–Crippen MR) is 109 cm³/mol. The molecular weight excluding hydrogens is 397 g/mol. The van der Waals surface area contributed by atoms with Crippen LogP contribution in [-0.2, 0) is 4.79 Å². The Morgan fingerprint density at radius 3 is 2.64 bits per heavy atom. The third kappa shape index (κ3) is 5.52. The van der Waals surface area contributed by atoms with Crippen molar-refractivity contribution in [3.05, 3.63) is 60.4 Å². The van der Waals surface area contributed by atoms with Crippen LogP contribution < -0.4 is 10.2 Å². The summed E-state index contributed by atoms with van der Waals surface area (Å²) in [5.41, 5.74) is 1.47. The molecule has 0 saturated carbocycles. The maximum Gasteiger partial charge on any atom is 0.237 e. The molecule has 1 aromatic heterocycles. The molecule has 0 spiro atoms. The highest BCUT2D eigenvalue weighted by molar-refractivity contribution is 8.01. The van der Waals surface area contributed by atoms with E-state index in [1.807, 2.05) is 36.4 Å². The number of nitrogens with zero attached hydrogens (tertiary/aromatic N) is 4. The van der Waals surface area contributed by atoms with Crippen LogP contribution in [0.4, 0.5) is 20.9 Å². The van der Waals surface area contributed by atoms with Crippen molar-refractivity contribution < 1.29 is 9.18 Å². The van der Waals surface area contributed by atoms with E-state index >= 15 is 0 Å². The number of nitriles is 1. The minimum absolute atomic E-state index is 0.142. The molecule has 0 radical (unpaired) electrons. The zero-order valence-electron chi connectivity index (χ0n) is 14.7. The Balaban J connectivity index is 1.61. The van der Waals surface area contributed by atoms with E-state index in [1.54, 1.807) is 0 Å². The summed E-state index contributed by atoms with van der Waals surface area (Å²) in [6.07, 6.45) is 0.192. The second-order valence-electron chi connectivity index (χ2n) is 5.58. The fourth-order valence-corrected chi connectivity index (χ4v) is 3.99. The van der Waals surface area contributed by atoms with Gasteiger partial charge in [-0.1, -0.05) is 41.3 Å². The van der Waals surface area contributed by atoms with Gasteiger partial charge in [-0.25, -0.2) is 4.39 Å². The summed E-state index contributed by atoms with van der Waals surface area (Å²) in [7, 11) is 0. The second-order valence-corrected chi connectivity index (χ2v) is 7.78. The van der Waals surface area contributed by atoms with E-state index < -0.39 is 0 Å². The zero-order chi connectivity index (χ0) is 19.8. The Morgan fingerprint density at radius 1 is 1.18 bits per heavy atom. The summed E-state index contributed by atoms with van der Waals surface area (Å²) < 4.78 is 13.8. The quantitative estimate of drug-likeness (QED) is 0.549. The van der Waals surface area contributed by atoms with Gasteiger partial charge in [0, 0.05) is 17.9 Å². The molecule has 0 fully saturated rings. The Kier molecular flexibility index (Phi) is 6.94. The summed E-state index contributed by atoms with van der Waals surface area (Å²) in [5.74, 6) is -0.416. The van der Waals surface area contributed by atoms with Crippen molar-refractivity contribution in [3.8, 4) is 6.07 Å². The van der Waals surface area contributed by atoms with Gasteiger partial charge in [0.2, 0.25) is 11.0 Å². The van der Waals surface area contributed by atoms with E-state index in [4.69, 9.17) is 5.26 Å². The number of rotatable bonds is 8. The number of benzene rings is 2. The van der Waals surface area contributed by atoms with Crippen LogP contribution >= 0.6 is 23.1 Å². The third-order valence-corrected chi connectivity index (χ3v) is 5.59. The summed E-state index contributed by atoms with van der Waals surface area (Å²) in [5, 5.41) is 20.8. The first kappa shape index (κ1) is 19.8. The molecule has 3 rings (SSSR count). The molecule has 3 aromatic rings. The van der Waals surface area contributed by atoms with Crippen LogP contribution in [0.2, 0.25) is 0 Å². The summed E-state index contributed by atoms with van der Waals surface area (Å²) in [6.45, 7) is 0.248. The van der Waals surface area contributed by atoms with Gasteiger partial charge in [0.1, 0.15) is 5.82 Å². The molecule has 2 aromatic carbocycles. The van der Waals surface area contributed by atoms with Crippen molar-refractivity contribution in [1.82, 2.24) is 10.2 Å². The molecule has 0 aliphatic heterocycles. The molecule has 0 saturated heterocycles. The number of carbonyl (C=O) groups excluding carboxylic acids is 1. The lowest BCUT2D eigenvalue weighted by molar-refractivity contribution is -0.116. The minimum Gasteiger partial charge on any atom is -0.330 e. The monoisotopic (exact) mass is 413 g/mol. The summed E-state index contributed by atoms with van der Waals surface area (Å²) in [4.78, 5) is 14.1. The van der Waals surface area contributed by atoms with Crippen molar-refractivity contribution in [3.63, 3.8) is 0 Å². The second kappa shape index (κ2) is 9.82. The normalized spacial score (nSPS) is 10.3. The number of aromatic nitrogens is 2. The van der Waals surface area contributed by atoms with Gasteiger partial charge in [0.05, 0.1) is 18.2 Å². The van der Waals surface area contributed by atoms with Crippen LogP contribution in [0.3, 0.4) is 0 Å². The Bertz CT molecular complexity index is 956. The highest BCUT2D eigenvalue weighted by Crippen LogP contribution is 2.28. The molecule has 142 valence electrons. The van der Waals surface area contributed by atoms with E-state index in [0.717, 1.165) is 5.69 Å². The van der Waals surface area contributed by atoms with Crippen LogP contribution in [0, 0.1) is 17.1 Å². The van der Waals surface area contributed by atoms with Crippen LogP contribution in [-0.4, -0.2) is 28.4 Å². The van der Waals surface area contributed by atoms with Crippen LogP contribution in [0.5, 0.6) is 0 Å². The maximum atomic E-state index is 13.2. The van der Waals surface area contributed by atoms with Gasteiger partial charge >= 0.3 is 0 Å². The van der Waals surface area contributed by atoms with E-state index in [2.05, 4.69) is 15.5 Å². The van der Waals surface area contributed by atoms with Crippen molar-refractivity contribution in [1.29, 1.82) is 5.26 Å². The Morgan fingerprint density at radius 2 is 1.93 bits per heavy atom. The fraction of sp³-hybridized carbons (Fsp3) is 0.158. The smallest absolute Gasteiger partial charge is 0.237 e. The van der Waals surface area contributed by atoms with E-state index in [-0.39, 0.29) is 30.4 Å². The van der Waals surface area contributed by atoms with Gasteiger partial charge in [-0.05, 0) is 36.4 Å². The van der Waals surface area contributed by atoms with Crippen molar-refractivity contribution >= 4 is 45.5 Å². The number of thioether (sulfide) groups is 1. The standard InChI is InChI=1S/C19H16FN5OS2/c20-14-7-9-16(10-8-14)25(12-4-11-21)17(26)13-27-19-24-23-18(28-19)22-15-5-2-1-3-6-15/h1-3,5-10H,4,12-13H2,(H,22,23). The topological polar surface area (TPSA) is 81.9 Å². The van der Waals surface area contributed by atoms with Crippen LogP contribution in [0.1, 0.15) is 6.42 Å². The van der Waals surface area contributed by atoms with E-state index in [9.17, 15) is 9.18 Å². The molecule has 0 aliphatic carbocycles. The first-order valence-electron chi connectivity index (χ1n) is 8.37. The van der Waals surface area contributed by atoms with Gasteiger partial charge in [-0.2, -0.15) is 5.26 Å². The highest BCUT2D eigenvalue weighted by atomic mass is 32.2. The van der Waals surface area contributed by atoms with Crippen LogP contribution in [0.25, 0.3) is 0 Å². The van der Waals surface area contributed by atoms with E-state index in [1.165, 1.54) is 52.3 Å². The fourth-order valence-electron chi connectivity index (χ4n) is 2.35. The van der Waals surface area contributed by atoms with Crippen molar-refractivity contribution in [2.75, 3.05) is 22.5 Å². The van der Waals surface area contributed by atoms with Crippen molar-refractivity contribution in [2.24, 2.45) is 0 Å². The van der Waals surface area contributed by atoms with Gasteiger partial charge in [0.25, 0.3) is 0 Å². The third-order valence-electron chi connectivity index (χ3n) is 3.64. The molecule has 0 aliphatic rings. The molecule has 6 nitrogen and oxygen atoms in total. The molecular formula is C19H16FN5OS2. The average Bonchev–Trinajstić information content (AvgIpc) is 3.16. The lowest BCUT2D eigenvalue weighted by Gasteiger charge is -2.21. The number of amides is 1. The van der Waals surface area contributed by atoms with Gasteiger partial charge in [-0.3, -0.25) is 4.79 Å². The van der Waals surface area contributed by atoms with E-state index in [0.29, 0.717) is 15.2 Å². The number of hydrogen-bond acceptors (Lipinski definition) is 7. The molecule has 0 unspecified atom stereocenters. The number of carbonyl (C=O) groups is 1. The van der Waals surface area contributed by atoms with Gasteiger partial charge in [-0.15, -0.1) is 10.2 Å². The lowest BCUT2D eigenvalue weighted by atomic mass is 10.2. The minimum atomic E-state index is -0.377. The SMILES string of the molecule is N#CCCN(C(=O)CSc1nnc(Nc2ccccc2)s1)c1ccc(F)cc1. The molecule has 28 heavy (non-hydrogen) atoms. The number of halogens is 1. The summed E-state index contributed by atoms with van der Waals surface area (Å²) >= 11 is 2.63. The zero-order valence-corrected chi connectivity index (χ0v) is 16.3. The number of hydrogen-bond donors (Lipinski definition) is 1. The highest BCUT2D eigenvalue weighted by Gasteiger charge is 2.17. The molecule has 0 bridgehead atoms. The maximum absolute atomic E-state index is 13.2. The molecule has 0 atom stereocenters. The largest absolute Gasteiger partial charge is 0.330 e. The molecule has 9 heteroatoms. The summed E-state index contributed by atoms with van der Waals surface area (Å²) in [6, 6.07) is 17.3. The Hall–Kier alpha value is -2.96. The predicted octanol–water partition coefficient (Wildman–Crippen LogP) is 4.46. The van der Waals surface area contributed by atoms with Gasteiger partial charge < -0.3 is 10.2 Å². The number of anilines is 3. The molecule has 1 heterocycles. The van der Waals surface area contributed by atoms with Gasteiger partial charge in [0.15, 0.2) is 4.34 Å². The molecule has 1 N–H and O–H groups in total. The Labute approximate surface area is 170 Å². The lowest BCUT2D eigenvalue weighted by Crippen LogP contribution is -2.33. The van der Waals surface area contributed by atoms with Crippen LogP contribution in [0.15, 0.2) is 58.9 Å². The molecule has 1 amide bonds. The average molecular weight is 414 g/mol. The number of para-hydroxylation sites is 1. The first-order valence-corrected chi connectivity index (χ1v) is 10.2.